The Morgan fingerprint density at radius 1 is 1.02 bits per heavy atom. The van der Waals surface area contributed by atoms with Gasteiger partial charge in [0.25, 0.3) is 0 Å². The molecule has 0 radical (unpaired) electrons. The second kappa shape index (κ2) is 12.5. The predicted octanol–water partition coefficient (Wildman–Crippen LogP) is 6.11. The number of benzene rings is 3. The second-order valence-corrected chi connectivity index (χ2v) is 11.0. The summed E-state index contributed by atoms with van der Waals surface area (Å²) in [5, 5.41) is 4.79. The predicted molar refractivity (Wildman–Crippen MR) is 160 cm³/mol. The summed E-state index contributed by atoms with van der Waals surface area (Å²) in [7, 11) is 0. The first kappa shape index (κ1) is 28.3. The van der Waals surface area contributed by atoms with E-state index < -0.39 is 0 Å². The van der Waals surface area contributed by atoms with E-state index in [-0.39, 0.29) is 24.4 Å². The molecule has 2 aliphatic rings. The highest BCUT2D eigenvalue weighted by Gasteiger charge is 2.45. The van der Waals surface area contributed by atoms with Gasteiger partial charge in [-0.15, -0.1) is 0 Å². The van der Waals surface area contributed by atoms with E-state index in [2.05, 4.69) is 10.2 Å². The molecule has 7 nitrogen and oxygen atoms in total. The number of rotatable bonds is 9. The van der Waals surface area contributed by atoms with E-state index in [9.17, 15) is 4.79 Å². The van der Waals surface area contributed by atoms with Gasteiger partial charge < -0.3 is 24.6 Å². The van der Waals surface area contributed by atoms with E-state index in [1.807, 2.05) is 92.4 Å². The van der Waals surface area contributed by atoms with Gasteiger partial charge in [-0.3, -0.25) is 9.79 Å². The minimum Gasteiger partial charge on any atom is -0.494 e. The number of nitrogens with one attached hydrogen (secondary N) is 1. The largest absolute Gasteiger partial charge is 0.494 e. The Morgan fingerprint density at radius 3 is 2.33 bits per heavy atom. The average molecular weight is 582 g/mol. The van der Waals surface area contributed by atoms with Crippen LogP contribution in [0.5, 0.6) is 11.5 Å². The maximum absolute atomic E-state index is 12.4. The summed E-state index contributed by atoms with van der Waals surface area (Å²) in [6.45, 7) is 8.39. The first-order chi connectivity index (χ1) is 19.4. The third-order valence-corrected chi connectivity index (χ3v) is 7.61. The molecule has 3 aromatic rings. The summed E-state index contributed by atoms with van der Waals surface area (Å²) in [5.41, 5.74) is 2.86. The number of halogens is 2. The molecule has 1 saturated heterocycles. The Hall–Kier alpha value is -3.26. The highest BCUT2D eigenvalue weighted by Crippen LogP contribution is 2.46. The van der Waals surface area contributed by atoms with E-state index in [0.717, 1.165) is 41.2 Å². The van der Waals surface area contributed by atoms with E-state index in [1.165, 1.54) is 0 Å². The van der Waals surface area contributed by atoms with Gasteiger partial charge in [0, 0.05) is 29.7 Å². The van der Waals surface area contributed by atoms with Gasteiger partial charge in [0.2, 0.25) is 6.41 Å². The van der Waals surface area contributed by atoms with E-state index in [0.29, 0.717) is 35.5 Å². The van der Waals surface area contributed by atoms with Crippen molar-refractivity contribution in [2.75, 3.05) is 26.2 Å². The standard InChI is InChI=1S/C31H34Cl2N4O3/c1-4-39-25-13-14-27(40-20(2)3)26(17-25)31-35-29(21-5-9-23(32)10-6-21)30(22-7-11-24(33)12-8-22)37(31)28-18-34-15-16-36(28)19-38/h5-14,17,19-20,28-30,34H,4,15-16,18H2,1-3H3. The number of amidine groups is 1. The van der Waals surface area contributed by atoms with Crippen LogP contribution >= 0.6 is 23.2 Å². The maximum atomic E-state index is 12.4. The average Bonchev–Trinajstić information content (AvgIpc) is 3.34. The van der Waals surface area contributed by atoms with Crippen LogP contribution in [-0.2, 0) is 4.79 Å². The number of nitrogens with zero attached hydrogens (tertiary/aromatic N) is 3. The van der Waals surface area contributed by atoms with Crippen molar-refractivity contribution in [3.63, 3.8) is 0 Å². The number of amides is 1. The molecule has 1 N–H and O–H groups in total. The molecule has 5 rings (SSSR count). The van der Waals surface area contributed by atoms with Crippen LogP contribution in [0.3, 0.4) is 0 Å². The third kappa shape index (κ3) is 5.92. The molecule has 3 atom stereocenters. The van der Waals surface area contributed by atoms with Gasteiger partial charge in [-0.05, 0) is 74.4 Å². The van der Waals surface area contributed by atoms with Crippen molar-refractivity contribution in [2.45, 2.75) is 45.1 Å². The number of hydrogen-bond acceptors (Lipinski definition) is 6. The molecular formula is C31H34Cl2N4O3. The van der Waals surface area contributed by atoms with Crippen molar-refractivity contribution in [3.05, 3.63) is 93.5 Å². The van der Waals surface area contributed by atoms with Crippen LogP contribution in [0.4, 0.5) is 0 Å². The lowest BCUT2D eigenvalue weighted by atomic mass is 9.93. The Morgan fingerprint density at radius 2 is 1.70 bits per heavy atom. The number of hydrogen-bond donors (Lipinski definition) is 1. The van der Waals surface area contributed by atoms with Crippen LogP contribution in [0.25, 0.3) is 0 Å². The monoisotopic (exact) mass is 580 g/mol. The van der Waals surface area contributed by atoms with Gasteiger partial charge in [-0.2, -0.15) is 0 Å². The lowest BCUT2D eigenvalue weighted by Crippen LogP contribution is -2.60. The van der Waals surface area contributed by atoms with Crippen molar-refractivity contribution in [2.24, 2.45) is 4.99 Å². The van der Waals surface area contributed by atoms with Crippen molar-refractivity contribution >= 4 is 35.4 Å². The number of aliphatic imine (C=N–C) groups is 1. The van der Waals surface area contributed by atoms with E-state index in [4.69, 9.17) is 37.7 Å². The molecule has 3 unspecified atom stereocenters. The Kier molecular flexibility index (Phi) is 8.84. The fourth-order valence-electron chi connectivity index (χ4n) is 5.39. The van der Waals surface area contributed by atoms with Gasteiger partial charge >= 0.3 is 0 Å². The molecule has 210 valence electrons. The molecule has 9 heteroatoms. The van der Waals surface area contributed by atoms with E-state index in [1.54, 1.807) is 0 Å². The molecule has 2 aliphatic heterocycles. The fourth-order valence-corrected chi connectivity index (χ4v) is 5.64. The van der Waals surface area contributed by atoms with Crippen LogP contribution in [-0.4, -0.2) is 60.6 Å². The molecule has 0 saturated carbocycles. The summed E-state index contributed by atoms with van der Waals surface area (Å²) in [4.78, 5) is 21.8. The van der Waals surface area contributed by atoms with Crippen molar-refractivity contribution in [1.29, 1.82) is 0 Å². The summed E-state index contributed by atoms with van der Waals surface area (Å²) >= 11 is 12.6. The van der Waals surface area contributed by atoms with Crippen LogP contribution in [0.2, 0.25) is 10.0 Å². The Bertz CT molecular complexity index is 1350. The van der Waals surface area contributed by atoms with Gasteiger partial charge in [0.05, 0.1) is 24.3 Å². The number of ether oxygens (including phenoxy) is 2. The minimum absolute atomic E-state index is 0.0471. The normalized spacial score (nSPS) is 20.9. The highest BCUT2D eigenvalue weighted by atomic mass is 35.5. The SMILES string of the molecule is CCOc1ccc(OC(C)C)c(C2=NC(c3ccc(Cl)cc3)C(c3ccc(Cl)cc3)N2C2CNCCN2C=O)c1. The minimum atomic E-state index is -0.286. The van der Waals surface area contributed by atoms with Crippen molar-refractivity contribution < 1.29 is 14.3 Å². The molecule has 0 spiro atoms. The Balaban J connectivity index is 1.74. The fraction of sp³-hybridized carbons (Fsp3) is 0.355. The quantitative estimate of drug-likeness (QED) is 0.309. The first-order valence-electron chi connectivity index (χ1n) is 13.6. The zero-order chi connectivity index (χ0) is 28.2. The molecule has 1 fully saturated rings. The zero-order valence-corrected chi connectivity index (χ0v) is 24.4. The number of carbonyl (C=O) groups excluding carboxylic acids is 1. The molecule has 40 heavy (non-hydrogen) atoms. The molecule has 1 amide bonds. The number of piperazine rings is 1. The summed E-state index contributed by atoms with van der Waals surface area (Å²) in [6.07, 6.45) is 0.597. The van der Waals surface area contributed by atoms with Crippen LogP contribution in [0.15, 0.2) is 71.7 Å². The summed E-state index contributed by atoms with van der Waals surface area (Å²) in [6, 6.07) is 21.0. The van der Waals surface area contributed by atoms with Crippen LogP contribution in [0, 0.1) is 0 Å². The van der Waals surface area contributed by atoms with Gasteiger partial charge in [-0.25, -0.2) is 0 Å². The Labute approximate surface area is 245 Å². The van der Waals surface area contributed by atoms with Gasteiger partial charge in [0.1, 0.15) is 29.5 Å². The molecule has 0 aliphatic carbocycles. The third-order valence-electron chi connectivity index (χ3n) is 7.11. The highest BCUT2D eigenvalue weighted by molar-refractivity contribution is 6.30. The molecular weight excluding hydrogens is 547 g/mol. The number of carbonyl (C=O) groups is 1. The maximum Gasteiger partial charge on any atom is 0.211 e. The molecule has 0 bridgehead atoms. The second-order valence-electron chi connectivity index (χ2n) is 10.1. The van der Waals surface area contributed by atoms with Gasteiger partial charge in [0.15, 0.2) is 0 Å². The molecule has 3 aromatic carbocycles. The van der Waals surface area contributed by atoms with Crippen molar-refractivity contribution in [3.8, 4) is 11.5 Å². The lowest BCUT2D eigenvalue weighted by molar-refractivity contribution is -0.124. The van der Waals surface area contributed by atoms with Crippen LogP contribution in [0.1, 0.15) is 49.5 Å². The summed E-state index contributed by atoms with van der Waals surface area (Å²) < 4.78 is 12.2. The molecule has 2 heterocycles. The summed E-state index contributed by atoms with van der Waals surface area (Å²) in [5.74, 6) is 2.16. The lowest BCUT2D eigenvalue weighted by Gasteiger charge is -2.44. The van der Waals surface area contributed by atoms with Crippen LogP contribution < -0.4 is 14.8 Å². The zero-order valence-electron chi connectivity index (χ0n) is 22.9. The van der Waals surface area contributed by atoms with Crippen molar-refractivity contribution in [1.82, 2.24) is 15.1 Å². The topological polar surface area (TPSA) is 66.4 Å². The first-order valence-corrected chi connectivity index (χ1v) is 14.4. The van der Waals surface area contributed by atoms with Gasteiger partial charge in [-0.1, -0.05) is 47.5 Å². The van der Waals surface area contributed by atoms with E-state index >= 15 is 0 Å². The smallest absolute Gasteiger partial charge is 0.211 e. The molecule has 0 aromatic heterocycles.